The molecular weight excluding hydrogens is 194 g/mol. The van der Waals surface area contributed by atoms with Gasteiger partial charge in [0.05, 0.1) is 0 Å². The molecule has 0 spiro atoms. The standard InChI is InChI=1S/C15H31N/c1-4-6-8-10-12-14-16-15(3)13-11-9-7-5-2/h4,15-16H,1,5-14H2,2-3H3. The molecule has 0 saturated heterocycles. The van der Waals surface area contributed by atoms with E-state index in [1.807, 2.05) is 6.08 Å². The fourth-order valence-electron chi connectivity index (χ4n) is 1.92. The fourth-order valence-corrected chi connectivity index (χ4v) is 1.92. The minimum absolute atomic E-state index is 0.705. The van der Waals surface area contributed by atoms with Gasteiger partial charge in [0.1, 0.15) is 0 Å². The monoisotopic (exact) mass is 225 g/mol. The van der Waals surface area contributed by atoms with Gasteiger partial charge in [-0.15, -0.1) is 6.58 Å². The summed E-state index contributed by atoms with van der Waals surface area (Å²) < 4.78 is 0. The predicted molar refractivity (Wildman–Crippen MR) is 74.9 cm³/mol. The van der Waals surface area contributed by atoms with Crippen molar-refractivity contribution in [3.05, 3.63) is 12.7 Å². The Hall–Kier alpha value is -0.300. The lowest BCUT2D eigenvalue weighted by molar-refractivity contribution is 0.472. The minimum Gasteiger partial charge on any atom is -0.314 e. The first-order valence-corrected chi connectivity index (χ1v) is 7.15. The molecule has 0 fully saturated rings. The normalized spacial score (nSPS) is 12.6. The molecule has 0 amide bonds. The molecule has 1 nitrogen and oxygen atoms in total. The first-order chi connectivity index (χ1) is 7.81. The summed E-state index contributed by atoms with van der Waals surface area (Å²) in [5.74, 6) is 0. The van der Waals surface area contributed by atoms with Crippen LogP contribution in [0.1, 0.15) is 71.6 Å². The van der Waals surface area contributed by atoms with E-state index in [2.05, 4.69) is 25.7 Å². The molecular formula is C15H31N. The molecule has 16 heavy (non-hydrogen) atoms. The smallest absolute Gasteiger partial charge is 0.00387 e. The van der Waals surface area contributed by atoms with Crippen molar-refractivity contribution in [2.75, 3.05) is 6.54 Å². The Morgan fingerprint density at radius 3 is 2.50 bits per heavy atom. The van der Waals surface area contributed by atoms with Gasteiger partial charge in [-0.25, -0.2) is 0 Å². The number of nitrogens with one attached hydrogen (secondary N) is 1. The van der Waals surface area contributed by atoms with E-state index in [1.165, 1.54) is 64.3 Å². The number of allylic oxidation sites excluding steroid dienone is 1. The van der Waals surface area contributed by atoms with Crippen molar-refractivity contribution in [3.63, 3.8) is 0 Å². The SMILES string of the molecule is C=CCCCCCNC(C)CCCCCC. The van der Waals surface area contributed by atoms with Gasteiger partial charge in [0, 0.05) is 6.04 Å². The van der Waals surface area contributed by atoms with Gasteiger partial charge in [0.15, 0.2) is 0 Å². The van der Waals surface area contributed by atoms with Crippen LogP contribution in [0.25, 0.3) is 0 Å². The van der Waals surface area contributed by atoms with Crippen LogP contribution in [0.15, 0.2) is 12.7 Å². The second-order valence-electron chi connectivity index (χ2n) is 4.84. The quantitative estimate of drug-likeness (QED) is 0.375. The van der Waals surface area contributed by atoms with Gasteiger partial charge >= 0.3 is 0 Å². The van der Waals surface area contributed by atoms with Crippen molar-refractivity contribution in [3.8, 4) is 0 Å². The Labute approximate surface area is 103 Å². The molecule has 1 unspecified atom stereocenters. The summed E-state index contributed by atoms with van der Waals surface area (Å²) in [6.45, 7) is 9.51. The zero-order chi connectivity index (χ0) is 12.1. The Bertz CT molecular complexity index is 142. The van der Waals surface area contributed by atoms with Crippen LogP contribution in [0.5, 0.6) is 0 Å². The molecule has 0 heterocycles. The van der Waals surface area contributed by atoms with E-state index in [9.17, 15) is 0 Å². The van der Waals surface area contributed by atoms with Gasteiger partial charge in [0.25, 0.3) is 0 Å². The van der Waals surface area contributed by atoms with Gasteiger partial charge < -0.3 is 5.32 Å². The summed E-state index contributed by atoms with van der Waals surface area (Å²) in [5.41, 5.74) is 0. The van der Waals surface area contributed by atoms with E-state index < -0.39 is 0 Å². The molecule has 0 rings (SSSR count). The van der Waals surface area contributed by atoms with Crippen molar-refractivity contribution in [2.45, 2.75) is 77.7 Å². The molecule has 1 heteroatoms. The molecule has 0 aliphatic heterocycles. The van der Waals surface area contributed by atoms with Crippen LogP contribution in [0.4, 0.5) is 0 Å². The lowest BCUT2D eigenvalue weighted by atomic mass is 10.1. The van der Waals surface area contributed by atoms with Crippen LogP contribution >= 0.6 is 0 Å². The topological polar surface area (TPSA) is 12.0 Å². The number of hydrogen-bond acceptors (Lipinski definition) is 1. The number of rotatable bonds is 12. The summed E-state index contributed by atoms with van der Waals surface area (Å²) in [4.78, 5) is 0. The highest BCUT2D eigenvalue weighted by atomic mass is 14.9. The predicted octanol–water partition coefficient (Wildman–Crippen LogP) is 4.68. The molecule has 0 aromatic carbocycles. The molecule has 96 valence electrons. The van der Waals surface area contributed by atoms with Gasteiger partial charge in [-0.2, -0.15) is 0 Å². The third kappa shape index (κ3) is 11.8. The highest BCUT2D eigenvalue weighted by Crippen LogP contribution is 2.05. The molecule has 0 aliphatic rings. The Kier molecular flexibility index (Phi) is 12.5. The van der Waals surface area contributed by atoms with Crippen LogP contribution in [-0.4, -0.2) is 12.6 Å². The Morgan fingerprint density at radius 1 is 1.06 bits per heavy atom. The van der Waals surface area contributed by atoms with Crippen molar-refractivity contribution < 1.29 is 0 Å². The van der Waals surface area contributed by atoms with E-state index in [0.29, 0.717) is 6.04 Å². The maximum Gasteiger partial charge on any atom is 0.00387 e. The first kappa shape index (κ1) is 15.7. The van der Waals surface area contributed by atoms with Crippen LogP contribution in [0, 0.1) is 0 Å². The summed E-state index contributed by atoms with van der Waals surface area (Å²) in [5, 5.41) is 3.61. The number of unbranched alkanes of at least 4 members (excludes halogenated alkanes) is 6. The Morgan fingerprint density at radius 2 is 1.81 bits per heavy atom. The third-order valence-electron chi connectivity index (χ3n) is 3.07. The van der Waals surface area contributed by atoms with Gasteiger partial charge in [-0.3, -0.25) is 0 Å². The average molecular weight is 225 g/mol. The molecule has 0 aromatic rings. The zero-order valence-electron chi connectivity index (χ0n) is 11.4. The summed E-state index contributed by atoms with van der Waals surface area (Å²) in [6.07, 6.45) is 14.0. The summed E-state index contributed by atoms with van der Waals surface area (Å²) in [6, 6.07) is 0.705. The van der Waals surface area contributed by atoms with Crippen molar-refractivity contribution in [1.82, 2.24) is 5.32 Å². The van der Waals surface area contributed by atoms with Crippen LogP contribution in [-0.2, 0) is 0 Å². The highest BCUT2D eigenvalue weighted by molar-refractivity contribution is 4.66. The van der Waals surface area contributed by atoms with Gasteiger partial charge in [-0.05, 0) is 39.2 Å². The lowest BCUT2D eigenvalue weighted by Crippen LogP contribution is -2.26. The number of hydrogen-bond donors (Lipinski definition) is 1. The molecule has 0 radical (unpaired) electrons. The molecule has 0 saturated carbocycles. The van der Waals surface area contributed by atoms with Gasteiger partial charge in [0.2, 0.25) is 0 Å². The second-order valence-corrected chi connectivity index (χ2v) is 4.84. The first-order valence-electron chi connectivity index (χ1n) is 7.15. The highest BCUT2D eigenvalue weighted by Gasteiger charge is 1.99. The molecule has 1 atom stereocenters. The van der Waals surface area contributed by atoms with Crippen LogP contribution in [0.3, 0.4) is 0 Å². The molecule has 1 N–H and O–H groups in total. The van der Waals surface area contributed by atoms with Gasteiger partial charge in [-0.1, -0.05) is 45.1 Å². The maximum absolute atomic E-state index is 3.74. The van der Waals surface area contributed by atoms with Crippen LogP contribution in [0.2, 0.25) is 0 Å². The minimum atomic E-state index is 0.705. The summed E-state index contributed by atoms with van der Waals surface area (Å²) >= 11 is 0. The van der Waals surface area contributed by atoms with Crippen molar-refractivity contribution in [1.29, 1.82) is 0 Å². The van der Waals surface area contributed by atoms with E-state index in [1.54, 1.807) is 0 Å². The van der Waals surface area contributed by atoms with Crippen molar-refractivity contribution >= 4 is 0 Å². The van der Waals surface area contributed by atoms with E-state index >= 15 is 0 Å². The largest absolute Gasteiger partial charge is 0.314 e. The lowest BCUT2D eigenvalue weighted by Gasteiger charge is -2.13. The fraction of sp³-hybridized carbons (Fsp3) is 0.867. The van der Waals surface area contributed by atoms with E-state index in [-0.39, 0.29) is 0 Å². The van der Waals surface area contributed by atoms with E-state index in [0.717, 1.165) is 0 Å². The van der Waals surface area contributed by atoms with Crippen molar-refractivity contribution in [2.24, 2.45) is 0 Å². The molecule has 0 aromatic heterocycles. The molecule has 0 bridgehead atoms. The maximum atomic E-state index is 3.74. The zero-order valence-corrected chi connectivity index (χ0v) is 11.4. The third-order valence-corrected chi connectivity index (χ3v) is 3.07. The second kappa shape index (κ2) is 12.8. The molecule has 0 aliphatic carbocycles. The Balaban J connectivity index is 3.10. The van der Waals surface area contributed by atoms with E-state index in [4.69, 9.17) is 0 Å². The summed E-state index contributed by atoms with van der Waals surface area (Å²) in [7, 11) is 0. The average Bonchev–Trinajstić information content (AvgIpc) is 2.29. The van der Waals surface area contributed by atoms with Crippen LogP contribution < -0.4 is 5.32 Å².